The number of fused-ring (bicyclic) bond motifs is 2. The number of benzene rings is 3. The highest BCUT2D eigenvalue weighted by atomic mass is 16.2. The summed E-state index contributed by atoms with van der Waals surface area (Å²) in [4.78, 5) is 39.3. The van der Waals surface area contributed by atoms with Gasteiger partial charge in [-0.3, -0.25) is 14.5 Å². The van der Waals surface area contributed by atoms with Crippen molar-refractivity contribution in [1.82, 2.24) is 10.2 Å². The zero-order valence-corrected chi connectivity index (χ0v) is 16.8. The van der Waals surface area contributed by atoms with Crippen molar-refractivity contribution in [1.29, 1.82) is 0 Å². The zero-order valence-electron chi connectivity index (χ0n) is 16.8. The van der Waals surface area contributed by atoms with Crippen LogP contribution in [0, 0.1) is 0 Å². The second-order valence-electron chi connectivity index (χ2n) is 7.88. The van der Waals surface area contributed by atoms with Gasteiger partial charge < -0.3 is 10.6 Å². The Kier molecular flexibility index (Phi) is 4.55. The number of amides is 4. The van der Waals surface area contributed by atoms with Crippen LogP contribution in [0.1, 0.15) is 17.5 Å². The Hall–Kier alpha value is -3.93. The van der Waals surface area contributed by atoms with Gasteiger partial charge >= 0.3 is 6.03 Å². The minimum Gasteiger partial charge on any atom is -0.325 e. The Morgan fingerprint density at radius 3 is 2.35 bits per heavy atom. The smallest absolute Gasteiger partial charge is 0.325 e. The summed E-state index contributed by atoms with van der Waals surface area (Å²) >= 11 is 0. The predicted octanol–water partition coefficient (Wildman–Crippen LogP) is 3.69. The van der Waals surface area contributed by atoms with E-state index in [1.807, 2.05) is 66.7 Å². The van der Waals surface area contributed by atoms with E-state index in [0.717, 1.165) is 33.6 Å². The summed E-state index contributed by atoms with van der Waals surface area (Å²) in [5.74, 6) is -0.781. The van der Waals surface area contributed by atoms with Crippen molar-refractivity contribution in [3.63, 3.8) is 0 Å². The fourth-order valence-electron chi connectivity index (χ4n) is 4.45. The molecule has 5 rings (SSSR count). The van der Waals surface area contributed by atoms with Crippen molar-refractivity contribution in [2.75, 3.05) is 11.9 Å². The lowest BCUT2D eigenvalue weighted by molar-refractivity contribution is -0.134. The van der Waals surface area contributed by atoms with Gasteiger partial charge in [0.2, 0.25) is 5.91 Å². The summed E-state index contributed by atoms with van der Waals surface area (Å²) in [7, 11) is 0. The molecule has 1 heterocycles. The third-order valence-corrected chi connectivity index (χ3v) is 6.00. The number of aryl methyl sites for hydroxylation is 1. The van der Waals surface area contributed by atoms with E-state index in [2.05, 4.69) is 10.6 Å². The Labute approximate surface area is 179 Å². The van der Waals surface area contributed by atoms with Gasteiger partial charge in [-0.1, -0.05) is 66.7 Å². The van der Waals surface area contributed by atoms with Crippen LogP contribution in [-0.4, -0.2) is 29.3 Å². The Bertz CT molecular complexity index is 1170. The fourth-order valence-corrected chi connectivity index (χ4v) is 4.45. The lowest BCUT2D eigenvalue weighted by Crippen LogP contribution is -2.42. The molecular formula is C25H21N3O3. The van der Waals surface area contributed by atoms with Crippen molar-refractivity contribution in [3.8, 4) is 11.1 Å². The van der Waals surface area contributed by atoms with Gasteiger partial charge in [-0.15, -0.1) is 0 Å². The summed E-state index contributed by atoms with van der Waals surface area (Å²) in [6, 6.07) is 24.5. The fraction of sp³-hybridized carbons (Fsp3) is 0.160. The summed E-state index contributed by atoms with van der Waals surface area (Å²) < 4.78 is 0. The first-order valence-corrected chi connectivity index (χ1v) is 10.2. The van der Waals surface area contributed by atoms with Crippen molar-refractivity contribution >= 4 is 23.5 Å². The largest absolute Gasteiger partial charge is 0.325 e. The monoisotopic (exact) mass is 411 g/mol. The molecule has 2 N–H and O–H groups in total. The molecule has 1 aliphatic heterocycles. The van der Waals surface area contributed by atoms with Crippen molar-refractivity contribution in [2.24, 2.45) is 0 Å². The normalized spacial score (nSPS) is 19.4. The molecule has 1 unspecified atom stereocenters. The molecular weight excluding hydrogens is 390 g/mol. The number of imide groups is 1. The number of carbonyl (C=O) groups is 3. The Balaban J connectivity index is 1.28. The molecule has 3 aromatic rings. The number of urea groups is 1. The topological polar surface area (TPSA) is 78.5 Å². The summed E-state index contributed by atoms with van der Waals surface area (Å²) in [5.41, 5.74) is 3.56. The number of rotatable bonds is 4. The maximum Gasteiger partial charge on any atom is 0.325 e. The summed E-state index contributed by atoms with van der Waals surface area (Å²) in [5, 5.41) is 5.61. The van der Waals surface area contributed by atoms with E-state index in [1.165, 1.54) is 0 Å². The third kappa shape index (κ3) is 3.26. The molecule has 6 heteroatoms. The first-order valence-electron chi connectivity index (χ1n) is 10.2. The highest BCUT2D eigenvalue weighted by molar-refractivity contribution is 6.11. The molecule has 4 amide bonds. The van der Waals surface area contributed by atoms with Gasteiger partial charge in [-0.25, -0.2) is 4.79 Å². The van der Waals surface area contributed by atoms with E-state index < -0.39 is 17.5 Å². The maximum atomic E-state index is 13.2. The molecule has 0 aromatic heterocycles. The summed E-state index contributed by atoms with van der Waals surface area (Å²) in [6.07, 6.45) is 1.23. The van der Waals surface area contributed by atoms with Crippen LogP contribution in [0.3, 0.4) is 0 Å². The molecule has 0 saturated carbocycles. The molecule has 31 heavy (non-hydrogen) atoms. The van der Waals surface area contributed by atoms with Gasteiger partial charge in [0.25, 0.3) is 5.91 Å². The average Bonchev–Trinajstić information content (AvgIpc) is 3.28. The Morgan fingerprint density at radius 1 is 0.903 bits per heavy atom. The molecule has 154 valence electrons. The quantitative estimate of drug-likeness (QED) is 0.643. The van der Waals surface area contributed by atoms with Crippen LogP contribution >= 0.6 is 0 Å². The first kappa shape index (κ1) is 19.1. The highest BCUT2D eigenvalue weighted by Crippen LogP contribution is 2.41. The lowest BCUT2D eigenvalue weighted by Gasteiger charge is -2.22. The van der Waals surface area contributed by atoms with Gasteiger partial charge in [-0.2, -0.15) is 0 Å². The van der Waals surface area contributed by atoms with E-state index >= 15 is 0 Å². The first-order chi connectivity index (χ1) is 15.1. The van der Waals surface area contributed by atoms with Crippen LogP contribution < -0.4 is 10.6 Å². The highest BCUT2D eigenvalue weighted by Gasteiger charge is 2.55. The molecule has 0 bridgehead atoms. The van der Waals surface area contributed by atoms with E-state index in [4.69, 9.17) is 0 Å². The van der Waals surface area contributed by atoms with Gasteiger partial charge in [0.1, 0.15) is 12.1 Å². The van der Waals surface area contributed by atoms with E-state index in [-0.39, 0.29) is 12.5 Å². The third-order valence-electron chi connectivity index (χ3n) is 6.00. The number of nitrogens with zero attached hydrogens (tertiary/aromatic N) is 1. The second kappa shape index (κ2) is 7.40. The molecule has 0 radical (unpaired) electrons. The van der Waals surface area contributed by atoms with Crippen LogP contribution in [0.5, 0.6) is 0 Å². The second-order valence-corrected chi connectivity index (χ2v) is 7.88. The van der Waals surface area contributed by atoms with Crippen LogP contribution in [-0.2, 0) is 21.5 Å². The Morgan fingerprint density at radius 2 is 1.58 bits per heavy atom. The number of hydrogen-bond acceptors (Lipinski definition) is 3. The predicted molar refractivity (Wildman–Crippen MR) is 117 cm³/mol. The number of nitrogens with one attached hydrogen (secondary N) is 2. The molecule has 2 aliphatic rings. The van der Waals surface area contributed by atoms with E-state index in [9.17, 15) is 14.4 Å². The van der Waals surface area contributed by atoms with Gasteiger partial charge in [0, 0.05) is 5.69 Å². The number of carbonyl (C=O) groups excluding carboxylic acids is 3. The van der Waals surface area contributed by atoms with Gasteiger partial charge in [0.15, 0.2) is 0 Å². The molecule has 1 aliphatic carbocycles. The minimum atomic E-state index is -1.05. The van der Waals surface area contributed by atoms with Gasteiger partial charge in [-0.05, 0) is 47.2 Å². The molecule has 1 fully saturated rings. The SMILES string of the molecule is O=C(CN1C(=O)NC2(CCc3ccccc32)C1=O)Nc1ccc(-c2ccccc2)cc1. The van der Waals surface area contributed by atoms with Gasteiger partial charge in [0.05, 0.1) is 0 Å². The molecule has 1 spiro atoms. The van der Waals surface area contributed by atoms with Crippen LogP contribution in [0.25, 0.3) is 11.1 Å². The van der Waals surface area contributed by atoms with Crippen molar-refractivity contribution < 1.29 is 14.4 Å². The molecule has 1 atom stereocenters. The molecule has 1 saturated heterocycles. The molecule has 6 nitrogen and oxygen atoms in total. The maximum absolute atomic E-state index is 13.2. The number of hydrogen-bond donors (Lipinski definition) is 2. The van der Waals surface area contributed by atoms with Crippen LogP contribution in [0.15, 0.2) is 78.9 Å². The van der Waals surface area contributed by atoms with Crippen LogP contribution in [0.2, 0.25) is 0 Å². The standard InChI is InChI=1S/C25H21N3O3/c29-22(26-20-12-10-18(11-13-20)17-6-2-1-3-7-17)16-28-23(30)25(27-24(28)31)15-14-19-8-4-5-9-21(19)25/h1-13H,14-16H2,(H,26,29)(H,27,31). The van der Waals surface area contributed by atoms with Crippen molar-refractivity contribution in [2.45, 2.75) is 18.4 Å². The molecule has 3 aromatic carbocycles. The lowest BCUT2D eigenvalue weighted by atomic mass is 9.92. The van der Waals surface area contributed by atoms with E-state index in [0.29, 0.717) is 12.1 Å². The van der Waals surface area contributed by atoms with E-state index in [1.54, 1.807) is 12.1 Å². The number of anilines is 1. The average molecular weight is 411 g/mol. The summed E-state index contributed by atoms with van der Waals surface area (Å²) in [6.45, 7) is -0.324. The van der Waals surface area contributed by atoms with Crippen molar-refractivity contribution in [3.05, 3.63) is 90.0 Å². The minimum absolute atomic E-state index is 0.324. The van der Waals surface area contributed by atoms with Crippen LogP contribution in [0.4, 0.5) is 10.5 Å². The zero-order chi connectivity index (χ0) is 21.4.